The van der Waals surface area contributed by atoms with Crippen LogP contribution in [-0.4, -0.2) is 18.0 Å². The summed E-state index contributed by atoms with van der Waals surface area (Å²) in [6.07, 6.45) is -1.03. The Morgan fingerprint density at radius 2 is 2.15 bits per heavy atom. The van der Waals surface area contributed by atoms with E-state index < -0.39 is 12.3 Å². The lowest BCUT2D eigenvalue weighted by Crippen LogP contribution is -2.19. The number of halogens is 3. The second-order valence-electron chi connectivity index (χ2n) is 2.59. The van der Waals surface area contributed by atoms with Gasteiger partial charge in [-0.25, -0.2) is 13.8 Å². The van der Waals surface area contributed by atoms with E-state index in [-0.39, 0.29) is 6.54 Å². The van der Waals surface area contributed by atoms with E-state index in [9.17, 15) is 8.78 Å². The van der Waals surface area contributed by atoms with E-state index in [4.69, 9.17) is 5.73 Å². The Hall–Kier alpha value is -0.550. The van der Waals surface area contributed by atoms with Gasteiger partial charge in [0.15, 0.2) is 0 Å². The van der Waals surface area contributed by atoms with Crippen LogP contribution >= 0.6 is 15.9 Å². The molecule has 2 nitrogen and oxygen atoms in total. The van der Waals surface area contributed by atoms with Gasteiger partial charge in [-0.3, -0.25) is 0 Å². The van der Waals surface area contributed by atoms with Gasteiger partial charge in [0.1, 0.15) is 4.60 Å². The molecule has 72 valence electrons. The van der Waals surface area contributed by atoms with Gasteiger partial charge >= 0.3 is 0 Å². The molecule has 1 rings (SSSR count). The molecule has 13 heavy (non-hydrogen) atoms. The van der Waals surface area contributed by atoms with Crippen LogP contribution in [0.5, 0.6) is 0 Å². The van der Waals surface area contributed by atoms with Crippen molar-refractivity contribution in [2.75, 3.05) is 6.54 Å². The number of nitrogens with zero attached hydrogens (tertiary/aromatic N) is 1. The molecule has 0 aromatic carbocycles. The van der Waals surface area contributed by atoms with E-state index in [2.05, 4.69) is 20.9 Å². The van der Waals surface area contributed by atoms with E-state index in [0.717, 1.165) is 0 Å². The third-order valence-electron chi connectivity index (χ3n) is 1.74. The van der Waals surface area contributed by atoms with Crippen LogP contribution in [0.3, 0.4) is 0 Å². The van der Waals surface area contributed by atoms with E-state index in [1.807, 2.05) is 0 Å². The highest BCUT2D eigenvalue weighted by Crippen LogP contribution is 2.22. The molecule has 1 heterocycles. The zero-order valence-corrected chi connectivity index (χ0v) is 8.34. The molecule has 1 atom stereocenters. The first kappa shape index (κ1) is 10.5. The Morgan fingerprint density at radius 1 is 1.46 bits per heavy atom. The van der Waals surface area contributed by atoms with E-state index in [1.165, 1.54) is 6.20 Å². The third kappa shape index (κ3) is 2.70. The average Bonchev–Trinajstić information content (AvgIpc) is 2.09. The maximum atomic E-state index is 12.4. The van der Waals surface area contributed by atoms with Crippen LogP contribution in [0.4, 0.5) is 8.78 Å². The first-order valence-corrected chi connectivity index (χ1v) is 4.54. The van der Waals surface area contributed by atoms with Crippen LogP contribution in [0.15, 0.2) is 22.9 Å². The highest BCUT2D eigenvalue weighted by Gasteiger charge is 2.20. The van der Waals surface area contributed by atoms with Crippen LogP contribution in [-0.2, 0) is 0 Å². The maximum Gasteiger partial charge on any atom is 0.246 e. The van der Waals surface area contributed by atoms with Crippen molar-refractivity contribution in [3.63, 3.8) is 0 Å². The summed E-state index contributed by atoms with van der Waals surface area (Å²) < 4.78 is 25.4. The Kier molecular flexibility index (Phi) is 3.74. The Balaban J connectivity index is 2.86. The van der Waals surface area contributed by atoms with Crippen molar-refractivity contribution in [2.45, 2.75) is 12.3 Å². The SMILES string of the molecule is NCC(c1ccc(Br)nc1)C(F)F. The molecule has 5 heteroatoms. The third-order valence-corrected chi connectivity index (χ3v) is 2.21. The predicted octanol–water partition coefficient (Wildman–Crippen LogP) is 2.15. The molecule has 0 aliphatic rings. The zero-order valence-electron chi connectivity index (χ0n) is 6.75. The van der Waals surface area contributed by atoms with Crippen molar-refractivity contribution in [3.05, 3.63) is 28.5 Å². The average molecular weight is 251 g/mol. The summed E-state index contributed by atoms with van der Waals surface area (Å²) >= 11 is 3.12. The van der Waals surface area contributed by atoms with Crippen molar-refractivity contribution in [1.82, 2.24) is 4.98 Å². The lowest BCUT2D eigenvalue weighted by atomic mass is 10.0. The van der Waals surface area contributed by atoms with Crippen LogP contribution in [0.25, 0.3) is 0 Å². The monoisotopic (exact) mass is 250 g/mol. The summed E-state index contributed by atoms with van der Waals surface area (Å²) in [6.45, 7) is -0.0685. The molecule has 0 aliphatic carbocycles. The van der Waals surface area contributed by atoms with Gasteiger partial charge in [0, 0.05) is 12.7 Å². The molecule has 0 fully saturated rings. The number of alkyl halides is 2. The fraction of sp³-hybridized carbons (Fsp3) is 0.375. The Labute approximate surface area is 83.3 Å². The fourth-order valence-electron chi connectivity index (χ4n) is 0.991. The molecule has 0 aliphatic heterocycles. The summed E-state index contributed by atoms with van der Waals surface area (Å²) in [4.78, 5) is 3.86. The molecule has 0 saturated heterocycles. The maximum absolute atomic E-state index is 12.4. The molecule has 0 saturated carbocycles. The molecular weight excluding hydrogens is 242 g/mol. The highest BCUT2D eigenvalue weighted by molar-refractivity contribution is 9.10. The highest BCUT2D eigenvalue weighted by atomic mass is 79.9. The van der Waals surface area contributed by atoms with Crippen LogP contribution < -0.4 is 5.73 Å². The number of nitrogens with two attached hydrogens (primary N) is 1. The van der Waals surface area contributed by atoms with Crippen molar-refractivity contribution in [3.8, 4) is 0 Å². The van der Waals surface area contributed by atoms with Crippen molar-refractivity contribution >= 4 is 15.9 Å². The van der Waals surface area contributed by atoms with E-state index >= 15 is 0 Å². The Bertz CT molecular complexity index is 263. The topological polar surface area (TPSA) is 38.9 Å². The smallest absolute Gasteiger partial charge is 0.246 e. The lowest BCUT2D eigenvalue weighted by Gasteiger charge is -2.12. The fourth-order valence-corrected chi connectivity index (χ4v) is 1.23. The standard InChI is InChI=1S/C8H9BrF2N2/c9-7-2-1-5(4-13-7)6(3-12)8(10)11/h1-2,4,6,8H,3,12H2. The minimum Gasteiger partial charge on any atom is -0.330 e. The summed E-state index contributed by atoms with van der Waals surface area (Å²) in [7, 11) is 0. The van der Waals surface area contributed by atoms with Gasteiger partial charge in [-0.1, -0.05) is 6.07 Å². The lowest BCUT2D eigenvalue weighted by molar-refractivity contribution is 0.117. The first-order valence-electron chi connectivity index (χ1n) is 3.75. The van der Waals surface area contributed by atoms with E-state index in [1.54, 1.807) is 12.1 Å². The molecule has 0 amide bonds. The van der Waals surface area contributed by atoms with Crippen LogP contribution in [0.2, 0.25) is 0 Å². The number of rotatable bonds is 3. The minimum atomic E-state index is -2.44. The summed E-state index contributed by atoms with van der Waals surface area (Å²) in [5.74, 6) is -0.916. The summed E-state index contributed by atoms with van der Waals surface area (Å²) in [5.41, 5.74) is 5.70. The molecule has 1 aromatic heterocycles. The molecule has 0 bridgehead atoms. The predicted molar refractivity (Wildman–Crippen MR) is 49.7 cm³/mol. The van der Waals surface area contributed by atoms with Gasteiger partial charge in [-0.15, -0.1) is 0 Å². The molecule has 0 radical (unpaired) electrons. The van der Waals surface area contributed by atoms with Gasteiger partial charge in [0.05, 0.1) is 5.92 Å². The number of pyridine rings is 1. The molecule has 1 aromatic rings. The van der Waals surface area contributed by atoms with Gasteiger partial charge < -0.3 is 5.73 Å². The van der Waals surface area contributed by atoms with E-state index in [0.29, 0.717) is 10.2 Å². The summed E-state index contributed by atoms with van der Waals surface area (Å²) in [6, 6.07) is 3.22. The molecule has 0 spiro atoms. The van der Waals surface area contributed by atoms with Crippen molar-refractivity contribution in [1.29, 1.82) is 0 Å². The number of hydrogen-bond acceptors (Lipinski definition) is 2. The van der Waals surface area contributed by atoms with Crippen molar-refractivity contribution in [2.24, 2.45) is 5.73 Å². The second-order valence-corrected chi connectivity index (χ2v) is 3.40. The minimum absolute atomic E-state index is 0.0685. The molecule has 2 N–H and O–H groups in total. The van der Waals surface area contributed by atoms with Gasteiger partial charge in [-0.05, 0) is 27.6 Å². The quantitative estimate of drug-likeness (QED) is 0.836. The normalized spacial score (nSPS) is 13.3. The first-order chi connectivity index (χ1) is 6.15. The molecule has 1 unspecified atom stereocenters. The zero-order chi connectivity index (χ0) is 9.84. The van der Waals surface area contributed by atoms with Crippen LogP contribution in [0, 0.1) is 0 Å². The number of aromatic nitrogens is 1. The van der Waals surface area contributed by atoms with Crippen molar-refractivity contribution < 1.29 is 8.78 Å². The summed E-state index contributed by atoms with van der Waals surface area (Å²) in [5, 5.41) is 0. The van der Waals surface area contributed by atoms with Gasteiger partial charge in [0.25, 0.3) is 0 Å². The number of hydrogen-bond donors (Lipinski definition) is 1. The largest absolute Gasteiger partial charge is 0.330 e. The van der Waals surface area contributed by atoms with Gasteiger partial charge in [0.2, 0.25) is 6.43 Å². The van der Waals surface area contributed by atoms with Crippen LogP contribution in [0.1, 0.15) is 11.5 Å². The Morgan fingerprint density at radius 3 is 2.54 bits per heavy atom. The second kappa shape index (κ2) is 4.62. The van der Waals surface area contributed by atoms with Gasteiger partial charge in [-0.2, -0.15) is 0 Å². The molecular formula is C8H9BrF2N2.